The number of likely N-dealkylation sites (tertiary alicyclic amines) is 1. The normalized spacial score (nSPS) is 17.0. The van der Waals surface area contributed by atoms with E-state index < -0.39 is 0 Å². The first-order chi connectivity index (χ1) is 14.1. The number of carbonyl (C=O) groups is 1. The molecule has 0 saturated carbocycles. The summed E-state index contributed by atoms with van der Waals surface area (Å²) < 4.78 is 9.77. The van der Waals surface area contributed by atoms with E-state index in [9.17, 15) is 4.79 Å². The van der Waals surface area contributed by atoms with Crippen molar-refractivity contribution in [3.8, 4) is 11.6 Å². The maximum absolute atomic E-state index is 11.3. The second-order valence-corrected chi connectivity index (χ2v) is 7.76. The van der Waals surface area contributed by atoms with Gasteiger partial charge in [-0.25, -0.2) is 4.68 Å². The molecule has 152 valence electrons. The fraction of sp³-hybridized carbons (Fsp3) is 0.381. The molecule has 29 heavy (non-hydrogen) atoms. The maximum atomic E-state index is 11.3. The van der Waals surface area contributed by atoms with Gasteiger partial charge in [-0.15, -0.1) is 5.10 Å². The fourth-order valence-corrected chi connectivity index (χ4v) is 4.19. The molecule has 0 unspecified atom stereocenters. The van der Waals surface area contributed by atoms with Crippen LogP contribution in [0.1, 0.15) is 24.8 Å². The Morgan fingerprint density at radius 1 is 1.24 bits per heavy atom. The van der Waals surface area contributed by atoms with Gasteiger partial charge in [-0.2, -0.15) is 0 Å². The predicted molar refractivity (Wildman–Crippen MR) is 112 cm³/mol. The lowest BCUT2D eigenvalue weighted by Crippen LogP contribution is -2.33. The Morgan fingerprint density at radius 2 is 2.07 bits per heavy atom. The smallest absolute Gasteiger partial charge is 0.219 e. The average molecular weight is 412 g/mol. The number of hydrogen-bond acceptors (Lipinski definition) is 5. The minimum absolute atomic E-state index is 0.202. The van der Waals surface area contributed by atoms with Crippen molar-refractivity contribution in [3.63, 3.8) is 0 Å². The van der Waals surface area contributed by atoms with Crippen LogP contribution < -0.4 is 5.73 Å². The largest absolute Gasteiger partial charge is 0.461 e. The summed E-state index contributed by atoms with van der Waals surface area (Å²) in [6.07, 6.45) is 5.15. The van der Waals surface area contributed by atoms with Crippen LogP contribution in [0.25, 0.3) is 11.6 Å². The summed E-state index contributed by atoms with van der Waals surface area (Å²) in [6, 6.07) is 14.7. The van der Waals surface area contributed by atoms with Gasteiger partial charge in [-0.1, -0.05) is 30.3 Å². The second-order valence-electron chi connectivity index (χ2n) is 7.39. The van der Waals surface area contributed by atoms with E-state index in [0.717, 1.165) is 25.8 Å². The Hall–Kier alpha value is -2.71. The van der Waals surface area contributed by atoms with E-state index >= 15 is 0 Å². The minimum atomic E-state index is -0.368. The van der Waals surface area contributed by atoms with E-state index in [-0.39, 0.29) is 12.3 Å². The zero-order valence-electron chi connectivity index (χ0n) is 16.2. The van der Waals surface area contributed by atoms with Gasteiger partial charge in [0.25, 0.3) is 0 Å². The lowest BCUT2D eigenvalue weighted by atomic mass is 10.0. The molecule has 1 saturated heterocycles. The maximum Gasteiger partial charge on any atom is 0.219 e. The van der Waals surface area contributed by atoms with Gasteiger partial charge in [0.15, 0.2) is 16.4 Å². The molecule has 1 amide bonds. The van der Waals surface area contributed by atoms with Crippen LogP contribution in [0.4, 0.5) is 0 Å². The van der Waals surface area contributed by atoms with Crippen molar-refractivity contribution < 1.29 is 9.21 Å². The molecule has 0 aliphatic carbocycles. The van der Waals surface area contributed by atoms with Crippen molar-refractivity contribution in [2.24, 2.45) is 5.73 Å². The summed E-state index contributed by atoms with van der Waals surface area (Å²) >= 11 is 5.68. The van der Waals surface area contributed by atoms with E-state index in [1.165, 1.54) is 5.56 Å². The number of aromatic nitrogens is 3. The van der Waals surface area contributed by atoms with Crippen molar-refractivity contribution >= 4 is 18.1 Å². The summed E-state index contributed by atoms with van der Waals surface area (Å²) in [5, 5.41) is 4.72. The summed E-state index contributed by atoms with van der Waals surface area (Å²) in [5.41, 5.74) is 6.69. The van der Waals surface area contributed by atoms with Crippen LogP contribution in [-0.2, 0) is 24.4 Å². The number of nitrogens with two attached hydrogens (primary N) is 1. The Labute approximate surface area is 174 Å². The summed E-state index contributed by atoms with van der Waals surface area (Å²) in [4.78, 5) is 13.7. The van der Waals surface area contributed by atoms with Crippen LogP contribution in [0.5, 0.6) is 0 Å². The highest BCUT2D eigenvalue weighted by atomic mass is 32.1. The summed E-state index contributed by atoms with van der Waals surface area (Å²) in [7, 11) is 0. The van der Waals surface area contributed by atoms with Crippen LogP contribution in [0.15, 0.2) is 53.1 Å². The monoisotopic (exact) mass is 411 g/mol. The fourth-order valence-electron chi connectivity index (χ4n) is 3.92. The van der Waals surface area contributed by atoms with Crippen LogP contribution in [0.3, 0.4) is 0 Å². The number of nitrogens with zero attached hydrogens (tertiary/aromatic N) is 4. The first kappa shape index (κ1) is 19.6. The number of carbonyl (C=O) groups excluding carboxylic acids is 1. The highest BCUT2D eigenvalue weighted by Gasteiger charge is 2.26. The minimum Gasteiger partial charge on any atom is -0.461 e. The summed E-state index contributed by atoms with van der Waals surface area (Å²) in [6.45, 7) is 2.02. The van der Waals surface area contributed by atoms with Crippen molar-refractivity contribution in [2.75, 3.05) is 6.54 Å². The van der Waals surface area contributed by atoms with Gasteiger partial charge in [0.05, 0.1) is 12.9 Å². The van der Waals surface area contributed by atoms with Gasteiger partial charge in [-0.3, -0.25) is 14.3 Å². The van der Waals surface area contributed by atoms with Gasteiger partial charge < -0.3 is 10.2 Å². The Bertz CT molecular complexity index is 1010. The zero-order chi connectivity index (χ0) is 20.2. The van der Waals surface area contributed by atoms with E-state index in [4.69, 9.17) is 27.5 Å². The Morgan fingerprint density at radius 3 is 2.79 bits per heavy atom. The average Bonchev–Trinajstić information content (AvgIpc) is 3.44. The molecule has 0 bridgehead atoms. The van der Waals surface area contributed by atoms with Crippen LogP contribution in [0, 0.1) is 4.77 Å². The summed E-state index contributed by atoms with van der Waals surface area (Å²) in [5.74, 6) is 0.883. The molecule has 7 nitrogen and oxygen atoms in total. The van der Waals surface area contributed by atoms with Gasteiger partial charge in [-0.05, 0) is 49.2 Å². The number of hydrogen-bond donors (Lipinski definition) is 1. The SMILES string of the molecule is NC(=O)CCn1c(-c2ccco2)nn(CN2CCC[C@@H]2Cc2ccccc2)c1=S. The predicted octanol–water partition coefficient (Wildman–Crippen LogP) is 3.21. The molecule has 8 heteroatoms. The quantitative estimate of drug-likeness (QED) is 0.576. The van der Waals surface area contributed by atoms with Crippen molar-refractivity contribution in [1.29, 1.82) is 0 Å². The van der Waals surface area contributed by atoms with E-state index in [1.807, 2.05) is 27.4 Å². The molecule has 1 aromatic carbocycles. The van der Waals surface area contributed by atoms with Crippen LogP contribution >= 0.6 is 12.2 Å². The van der Waals surface area contributed by atoms with E-state index in [1.54, 1.807) is 6.26 Å². The lowest BCUT2D eigenvalue weighted by molar-refractivity contribution is -0.118. The molecule has 1 fully saturated rings. The molecule has 1 atom stereocenters. The van der Waals surface area contributed by atoms with Gasteiger partial charge in [0.2, 0.25) is 5.91 Å². The second kappa shape index (κ2) is 8.75. The highest BCUT2D eigenvalue weighted by molar-refractivity contribution is 7.71. The Balaban J connectivity index is 1.57. The molecule has 0 spiro atoms. The van der Waals surface area contributed by atoms with Gasteiger partial charge in [0, 0.05) is 25.6 Å². The number of furan rings is 1. The molecule has 3 aromatic rings. The van der Waals surface area contributed by atoms with E-state index in [2.05, 4.69) is 29.2 Å². The topological polar surface area (TPSA) is 82.2 Å². The number of amides is 1. The van der Waals surface area contributed by atoms with Crippen molar-refractivity contribution in [1.82, 2.24) is 19.2 Å². The number of benzene rings is 1. The zero-order valence-corrected chi connectivity index (χ0v) is 17.1. The van der Waals surface area contributed by atoms with Crippen LogP contribution in [0.2, 0.25) is 0 Å². The standard InChI is InChI=1S/C21H25N5O2S/c22-19(27)10-12-25-20(18-9-5-13-28-18)23-26(21(25)29)15-24-11-4-8-17(24)14-16-6-2-1-3-7-16/h1-3,5-7,9,13,17H,4,8,10-12,14-15H2,(H2,22,27)/t17-/m1/s1. The first-order valence-electron chi connectivity index (χ1n) is 9.89. The highest BCUT2D eigenvalue weighted by Crippen LogP contribution is 2.24. The molecule has 0 radical (unpaired) electrons. The molecule has 4 rings (SSSR count). The van der Waals surface area contributed by atoms with Crippen LogP contribution in [-0.4, -0.2) is 37.7 Å². The molecule has 2 N–H and O–H groups in total. The molecular weight excluding hydrogens is 386 g/mol. The molecule has 1 aliphatic heterocycles. The molecular formula is C21H25N5O2S. The molecule has 1 aliphatic rings. The third kappa shape index (κ3) is 4.49. The third-order valence-corrected chi connectivity index (χ3v) is 5.81. The van der Waals surface area contributed by atoms with Gasteiger partial charge in [0.1, 0.15) is 0 Å². The number of rotatable bonds is 8. The van der Waals surface area contributed by atoms with Crippen molar-refractivity contribution in [2.45, 2.75) is 44.9 Å². The van der Waals surface area contributed by atoms with Gasteiger partial charge >= 0.3 is 0 Å². The lowest BCUT2D eigenvalue weighted by Gasteiger charge is -2.24. The number of primary amides is 1. The Kier molecular flexibility index (Phi) is 5.92. The third-order valence-electron chi connectivity index (χ3n) is 5.38. The van der Waals surface area contributed by atoms with E-state index in [0.29, 0.717) is 35.6 Å². The first-order valence-corrected chi connectivity index (χ1v) is 10.3. The molecule has 3 heterocycles. The molecule has 2 aromatic heterocycles. The van der Waals surface area contributed by atoms with Crippen molar-refractivity contribution in [3.05, 3.63) is 59.1 Å².